The Labute approximate surface area is 182 Å². The van der Waals surface area contributed by atoms with Gasteiger partial charge in [-0.1, -0.05) is 6.07 Å². The monoisotopic (exact) mass is 427 g/mol. The minimum Gasteiger partial charge on any atom is -0.486 e. The summed E-state index contributed by atoms with van der Waals surface area (Å²) in [6.07, 6.45) is 2.07. The number of hydrogen-bond acceptors (Lipinski definition) is 6. The van der Waals surface area contributed by atoms with E-state index in [1.54, 1.807) is 11.3 Å². The molecule has 7 heteroatoms. The lowest BCUT2D eigenvalue weighted by Gasteiger charge is -2.35. The number of likely N-dealkylation sites (tertiary alicyclic amines) is 1. The average molecular weight is 428 g/mol. The van der Waals surface area contributed by atoms with Crippen molar-refractivity contribution in [1.82, 2.24) is 14.7 Å². The van der Waals surface area contributed by atoms with Gasteiger partial charge in [-0.15, -0.1) is 0 Å². The largest absolute Gasteiger partial charge is 0.486 e. The summed E-state index contributed by atoms with van der Waals surface area (Å²) >= 11 is 1.75. The molecule has 3 aliphatic heterocycles. The molecule has 30 heavy (non-hydrogen) atoms. The van der Waals surface area contributed by atoms with Crippen LogP contribution in [0.5, 0.6) is 11.5 Å². The molecule has 5 rings (SSSR count). The van der Waals surface area contributed by atoms with Gasteiger partial charge in [0.2, 0.25) is 5.91 Å². The number of benzene rings is 1. The zero-order chi connectivity index (χ0) is 20.3. The predicted octanol–water partition coefficient (Wildman–Crippen LogP) is 3.00. The fourth-order valence-electron chi connectivity index (χ4n) is 4.71. The molecule has 0 saturated carbocycles. The Bertz CT molecular complexity index is 865. The number of nitrogens with zero attached hydrogens (tertiary/aromatic N) is 3. The number of rotatable bonds is 5. The van der Waals surface area contributed by atoms with Crippen molar-refractivity contribution in [3.63, 3.8) is 0 Å². The van der Waals surface area contributed by atoms with E-state index in [1.807, 2.05) is 6.07 Å². The van der Waals surface area contributed by atoms with E-state index in [1.165, 1.54) is 5.56 Å². The number of carbonyl (C=O) groups excluding carboxylic acids is 1. The summed E-state index contributed by atoms with van der Waals surface area (Å²) in [6.45, 7) is 7.52. The van der Waals surface area contributed by atoms with Gasteiger partial charge in [0.15, 0.2) is 11.5 Å². The Morgan fingerprint density at radius 3 is 2.60 bits per heavy atom. The van der Waals surface area contributed by atoms with Crippen molar-refractivity contribution in [3.8, 4) is 11.5 Å². The van der Waals surface area contributed by atoms with Crippen molar-refractivity contribution in [2.75, 3.05) is 52.5 Å². The highest BCUT2D eigenvalue weighted by molar-refractivity contribution is 7.07. The molecule has 0 radical (unpaired) electrons. The molecule has 0 unspecified atom stereocenters. The highest BCUT2D eigenvalue weighted by atomic mass is 32.1. The summed E-state index contributed by atoms with van der Waals surface area (Å²) < 4.78 is 11.4. The number of piperazine rings is 1. The van der Waals surface area contributed by atoms with Gasteiger partial charge in [-0.05, 0) is 52.9 Å². The molecule has 1 aromatic heterocycles. The second-order valence-electron chi connectivity index (χ2n) is 8.33. The van der Waals surface area contributed by atoms with Gasteiger partial charge in [-0.25, -0.2) is 0 Å². The third kappa shape index (κ3) is 4.33. The summed E-state index contributed by atoms with van der Waals surface area (Å²) in [5.74, 6) is 1.86. The number of ether oxygens (including phenoxy) is 2. The molecule has 1 atom stereocenters. The fraction of sp³-hybridized carbons (Fsp3) is 0.522. The van der Waals surface area contributed by atoms with Crippen LogP contribution in [0.1, 0.15) is 30.0 Å². The normalized spacial score (nSPS) is 22.4. The van der Waals surface area contributed by atoms with E-state index < -0.39 is 0 Å². The molecular formula is C23H29N3O3S. The minimum absolute atomic E-state index is 0.146. The van der Waals surface area contributed by atoms with Crippen LogP contribution >= 0.6 is 11.3 Å². The van der Waals surface area contributed by atoms with E-state index >= 15 is 0 Å². The van der Waals surface area contributed by atoms with Crippen LogP contribution in [0.3, 0.4) is 0 Å². The van der Waals surface area contributed by atoms with Crippen molar-refractivity contribution in [3.05, 3.63) is 46.2 Å². The lowest BCUT2D eigenvalue weighted by molar-refractivity contribution is -0.133. The molecule has 1 aromatic carbocycles. The SMILES string of the molecule is O=C(CN1CCN(Cc2ccsc2)CC1)N1CCC[C@@H]1c1ccc2c(c1)OCCO2. The van der Waals surface area contributed by atoms with Crippen LogP contribution in [0.4, 0.5) is 0 Å². The first-order valence-electron chi connectivity index (χ1n) is 10.9. The molecular weight excluding hydrogens is 398 g/mol. The molecule has 0 spiro atoms. The van der Waals surface area contributed by atoms with Crippen LogP contribution in [0.15, 0.2) is 35.0 Å². The quantitative estimate of drug-likeness (QED) is 0.734. The Hall–Kier alpha value is -2.09. The first-order chi connectivity index (χ1) is 14.8. The molecule has 0 aliphatic carbocycles. The first kappa shape index (κ1) is 19.8. The van der Waals surface area contributed by atoms with Crippen LogP contribution in [-0.4, -0.2) is 73.1 Å². The van der Waals surface area contributed by atoms with Gasteiger partial charge < -0.3 is 14.4 Å². The summed E-state index contributed by atoms with van der Waals surface area (Å²) in [4.78, 5) is 20.0. The lowest BCUT2D eigenvalue weighted by Crippen LogP contribution is -2.49. The Morgan fingerprint density at radius 1 is 1.00 bits per heavy atom. The van der Waals surface area contributed by atoms with Gasteiger partial charge in [0.1, 0.15) is 13.2 Å². The highest BCUT2D eigenvalue weighted by Crippen LogP contribution is 2.38. The number of amides is 1. The summed E-state index contributed by atoms with van der Waals surface area (Å²) in [5.41, 5.74) is 2.55. The zero-order valence-corrected chi connectivity index (χ0v) is 18.1. The van der Waals surface area contributed by atoms with E-state index in [2.05, 4.69) is 43.7 Å². The number of thiophene rings is 1. The molecule has 0 bridgehead atoms. The third-order valence-corrected chi connectivity index (χ3v) is 7.07. The third-order valence-electron chi connectivity index (χ3n) is 6.33. The molecule has 6 nitrogen and oxygen atoms in total. The molecule has 3 aliphatic rings. The van der Waals surface area contributed by atoms with Gasteiger partial charge in [0.25, 0.3) is 0 Å². The fourth-order valence-corrected chi connectivity index (χ4v) is 5.37. The van der Waals surface area contributed by atoms with Crippen LogP contribution in [0.25, 0.3) is 0 Å². The smallest absolute Gasteiger partial charge is 0.237 e. The molecule has 0 N–H and O–H groups in total. The maximum atomic E-state index is 13.1. The van der Waals surface area contributed by atoms with Crippen LogP contribution in [0.2, 0.25) is 0 Å². The Kier molecular flexibility index (Phi) is 5.93. The first-order valence-corrected chi connectivity index (χ1v) is 11.9. The van der Waals surface area contributed by atoms with Crippen molar-refractivity contribution < 1.29 is 14.3 Å². The average Bonchev–Trinajstić information content (AvgIpc) is 3.47. The standard InChI is InChI=1S/C23H29N3O3S/c27-23(16-25-9-7-24(8-10-25)15-18-5-13-30-17-18)26-6-1-2-20(26)19-3-4-21-22(14-19)29-12-11-28-21/h3-5,13-14,17,20H,1-2,6-12,15-16H2/t20-/m1/s1. The van der Waals surface area contributed by atoms with E-state index in [0.29, 0.717) is 19.8 Å². The van der Waals surface area contributed by atoms with Crippen molar-refractivity contribution in [1.29, 1.82) is 0 Å². The topological polar surface area (TPSA) is 45.3 Å². The number of fused-ring (bicyclic) bond motifs is 1. The Morgan fingerprint density at radius 2 is 1.80 bits per heavy atom. The maximum Gasteiger partial charge on any atom is 0.237 e. The molecule has 1 amide bonds. The highest BCUT2D eigenvalue weighted by Gasteiger charge is 2.32. The van der Waals surface area contributed by atoms with Crippen LogP contribution < -0.4 is 9.47 Å². The van der Waals surface area contributed by atoms with Crippen LogP contribution in [0, 0.1) is 0 Å². The van der Waals surface area contributed by atoms with E-state index in [9.17, 15) is 4.79 Å². The van der Waals surface area contributed by atoms with E-state index in [-0.39, 0.29) is 11.9 Å². The number of carbonyl (C=O) groups is 1. The molecule has 160 valence electrons. The van der Waals surface area contributed by atoms with Gasteiger partial charge in [-0.3, -0.25) is 14.6 Å². The number of hydrogen-bond donors (Lipinski definition) is 0. The predicted molar refractivity (Wildman–Crippen MR) is 117 cm³/mol. The second kappa shape index (κ2) is 8.96. The van der Waals surface area contributed by atoms with Crippen molar-refractivity contribution in [2.45, 2.75) is 25.4 Å². The lowest BCUT2D eigenvalue weighted by atomic mass is 10.0. The van der Waals surface area contributed by atoms with Gasteiger partial charge in [-0.2, -0.15) is 11.3 Å². The molecule has 2 fully saturated rings. The maximum absolute atomic E-state index is 13.1. The van der Waals surface area contributed by atoms with Crippen molar-refractivity contribution in [2.24, 2.45) is 0 Å². The summed E-state index contributed by atoms with van der Waals surface area (Å²) in [6, 6.07) is 8.48. The molecule has 2 saturated heterocycles. The second-order valence-corrected chi connectivity index (χ2v) is 9.11. The molecule has 2 aromatic rings. The van der Waals surface area contributed by atoms with Gasteiger partial charge in [0, 0.05) is 39.3 Å². The summed E-state index contributed by atoms with van der Waals surface area (Å²) in [5, 5.41) is 4.36. The van der Waals surface area contributed by atoms with Crippen LogP contribution in [-0.2, 0) is 11.3 Å². The minimum atomic E-state index is 0.146. The summed E-state index contributed by atoms with van der Waals surface area (Å²) in [7, 11) is 0. The van der Waals surface area contributed by atoms with Crippen molar-refractivity contribution >= 4 is 17.2 Å². The zero-order valence-electron chi connectivity index (χ0n) is 17.3. The van der Waals surface area contributed by atoms with Gasteiger partial charge in [0.05, 0.1) is 12.6 Å². The van der Waals surface area contributed by atoms with E-state index in [4.69, 9.17) is 9.47 Å². The van der Waals surface area contributed by atoms with Gasteiger partial charge >= 0.3 is 0 Å². The molecule has 4 heterocycles. The Balaban J connectivity index is 1.17. The van der Waals surface area contributed by atoms with E-state index in [0.717, 1.165) is 69.2 Å².